The van der Waals surface area contributed by atoms with Crippen LogP contribution in [-0.4, -0.2) is 16.6 Å². The zero-order chi connectivity index (χ0) is 17.1. The second kappa shape index (κ2) is 7.36. The highest BCUT2D eigenvalue weighted by atomic mass is 35.5. The number of nitrogens with one attached hydrogen (secondary N) is 1. The van der Waals surface area contributed by atoms with Crippen molar-refractivity contribution in [2.24, 2.45) is 0 Å². The fourth-order valence-corrected chi connectivity index (χ4v) is 3.67. The number of anilines is 2. The van der Waals surface area contributed by atoms with E-state index >= 15 is 0 Å². The third kappa shape index (κ3) is 3.62. The van der Waals surface area contributed by atoms with Crippen molar-refractivity contribution in [1.29, 1.82) is 0 Å². The van der Waals surface area contributed by atoms with E-state index in [0.29, 0.717) is 0 Å². The maximum Gasteiger partial charge on any atom is 0.225 e. The minimum atomic E-state index is 0.255. The number of benzene rings is 1. The molecule has 0 amide bonds. The van der Waals surface area contributed by atoms with Gasteiger partial charge >= 0.3 is 0 Å². The first-order valence-corrected chi connectivity index (χ1v) is 9.21. The van der Waals surface area contributed by atoms with Crippen LogP contribution in [0.1, 0.15) is 30.2 Å². The normalized spacial score (nSPS) is 11.0. The van der Waals surface area contributed by atoms with Crippen LogP contribution in [0.3, 0.4) is 0 Å². The van der Waals surface area contributed by atoms with Crippen molar-refractivity contribution in [2.75, 3.05) is 11.9 Å². The Labute approximate surface area is 150 Å². The molecule has 24 heavy (non-hydrogen) atoms. The van der Waals surface area contributed by atoms with E-state index in [1.165, 1.54) is 10.4 Å². The van der Waals surface area contributed by atoms with Crippen LogP contribution < -0.4 is 10.1 Å². The number of aromatic nitrogens is 2. The van der Waals surface area contributed by atoms with Gasteiger partial charge in [0.2, 0.25) is 5.28 Å². The van der Waals surface area contributed by atoms with Gasteiger partial charge in [0.25, 0.3) is 0 Å². The molecule has 0 aliphatic rings. The Morgan fingerprint density at radius 2 is 1.92 bits per heavy atom. The van der Waals surface area contributed by atoms with E-state index in [-0.39, 0.29) is 5.28 Å². The highest BCUT2D eigenvalue weighted by Gasteiger charge is 2.14. The Morgan fingerprint density at radius 3 is 2.62 bits per heavy atom. The van der Waals surface area contributed by atoms with Gasteiger partial charge in [-0.2, -0.15) is 4.98 Å². The largest absolute Gasteiger partial charge is 0.494 e. The van der Waals surface area contributed by atoms with Gasteiger partial charge in [-0.1, -0.05) is 13.3 Å². The van der Waals surface area contributed by atoms with Gasteiger partial charge in [-0.3, -0.25) is 0 Å². The Morgan fingerprint density at radius 1 is 1.17 bits per heavy atom. The first kappa shape index (κ1) is 17.0. The number of rotatable bonds is 6. The fraction of sp³-hybridized carbons (Fsp3) is 0.333. The van der Waals surface area contributed by atoms with E-state index in [1.54, 1.807) is 11.3 Å². The molecule has 0 saturated carbocycles. The summed E-state index contributed by atoms with van der Waals surface area (Å²) in [7, 11) is 0. The van der Waals surface area contributed by atoms with Crippen LogP contribution in [-0.2, 0) is 0 Å². The summed E-state index contributed by atoms with van der Waals surface area (Å²) in [5.41, 5.74) is 2.13. The molecular weight excluding hydrogens is 342 g/mol. The van der Waals surface area contributed by atoms with Gasteiger partial charge < -0.3 is 10.1 Å². The topological polar surface area (TPSA) is 47.0 Å². The van der Waals surface area contributed by atoms with Gasteiger partial charge in [0, 0.05) is 10.6 Å². The molecule has 0 radical (unpaired) electrons. The average molecular weight is 362 g/mol. The highest BCUT2D eigenvalue weighted by Crippen LogP contribution is 2.35. The first-order valence-electron chi connectivity index (χ1n) is 8.01. The molecule has 126 valence electrons. The van der Waals surface area contributed by atoms with Crippen LogP contribution in [0.15, 0.2) is 24.3 Å². The standard InChI is InChI=1S/C18H20ClN3OS/c1-4-5-10-23-14-8-6-13(7-9-14)20-16-15-11(2)12(3)24-17(15)22-18(19)21-16/h6-9H,4-5,10H2,1-3H3,(H,20,21,22). The van der Waals surface area contributed by atoms with Gasteiger partial charge in [0.1, 0.15) is 16.4 Å². The number of aryl methyl sites for hydroxylation is 2. The number of unbranched alkanes of at least 4 members (excludes halogenated alkanes) is 1. The maximum atomic E-state index is 6.07. The highest BCUT2D eigenvalue weighted by molar-refractivity contribution is 7.18. The van der Waals surface area contributed by atoms with E-state index < -0.39 is 0 Å². The van der Waals surface area contributed by atoms with Gasteiger partial charge in [-0.05, 0) is 61.7 Å². The van der Waals surface area contributed by atoms with Crippen molar-refractivity contribution in [3.63, 3.8) is 0 Å². The number of ether oxygens (including phenoxy) is 1. The van der Waals surface area contributed by atoms with Gasteiger partial charge in [-0.25, -0.2) is 4.98 Å². The summed E-state index contributed by atoms with van der Waals surface area (Å²) in [6, 6.07) is 7.89. The second-order valence-electron chi connectivity index (χ2n) is 5.66. The van der Waals surface area contributed by atoms with E-state index in [9.17, 15) is 0 Å². The van der Waals surface area contributed by atoms with Crippen LogP contribution in [0, 0.1) is 13.8 Å². The molecule has 3 rings (SSSR count). The molecule has 1 N–H and O–H groups in total. The van der Waals surface area contributed by atoms with E-state index in [1.807, 2.05) is 24.3 Å². The minimum Gasteiger partial charge on any atom is -0.494 e. The van der Waals surface area contributed by atoms with E-state index in [0.717, 1.165) is 46.9 Å². The predicted octanol–water partition coefficient (Wildman–Crippen LogP) is 5.88. The molecule has 0 saturated heterocycles. The van der Waals surface area contributed by atoms with Crippen LogP contribution in [0.2, 0.25) is 5.28 Å². The van der Waals surface area contributed by atoms with Crippen molar-refractivity contribution in [2.45, 2.75) is 33.6 Å². The third-order valence-corrected chi connectivity index (χ3v) is 5.16. The number of thiophene rings is 1. The number of fused-ring (bicyclic) bond motifs is 1. The third-order valence-electron chi connectivity index (χ3n) is 3.89. The van der Waals surface area contributed by atoms with Crippen LogP contribution in [0.4, 0.5) is 11.5 Å². The monoisotopic (exact) mass is 361 g/mol. The average Bonchev–Trinajstić information content (AvgIpc) is 2.83. The summed E-state index contributed by atoms with van der Waals surface area (Å²) in [6.45, 7) is 7.07. The number of hydrogen-bond acceptors (Lipinski definition) is 5. The fourth-order valence-electron chi connectivity index (χ4n) is 2.42. The summed E-state index contributed by atoms with van der Waals surface area (Å²) in [5, 5.41) is 4.64. The van der Waals surface area contributed by atoms with E-state index in [4.69, 9.17) is 16.3 Å². The number of nitrogens with zero attached hydrogens (tertiary/aromatic N) is 2. The molecule has 2 aromatic heterocycles. The molecule has 0 aliphatic heterocycles. The summed E-state index contributed by atoms with van der Waals surface area (Å²) in [6.07, 6.45) is 2.19. The molecular formula is C18H20ClN3OS. The van der Waals surface area contributed by atoms with Gasteiger partial charge in [0.05, 0.1) is 12.0 Å². The molecule has 4 nitrogen and oxygen atoms in total. The first-order chi connectivity index (χ1) is 11.6. The molecule has 2 heterocycles. The summed E-state index contributed by atoms with van der Waals surface area (Å²) in [5.74, 6) is 1.62. The zero-order valence-corrected chi connectivity index (χ0v) is 15.6. The Hall–Kier alpha value is -1.85. The van der Waals surface area contributed by atoms with Crippen molar-refractivity contribution in [3.8, 4) is 5.75 Å². The Kier molecular flexibility index (Phi) is 5.21. The van der Waals surface area contributed by atoms with Crippen LogP contribution >= 0.6 is 22.9 Å². The lowest BCUT2D eigenvalue weighted by atomic mass is 10.2. The van der Waals surface area contributed by atoms with Crippen molar-refractivity contribution < 1.29 is 4.74 Å². The molecule has 0 aliphatic carbocycles. The van der Waals surface area contributed by atoms with Crippen molar-refractivity contribution in [3.05, 3.63) is 40.0 Å². The molecule has 0 fully saturated rings. The van der Waals surface area contributed by atoms with Crippen LogP contribution in [0.25, 0.3) is 10.2 Å². The van der Waals surface area contributed by atoms with Gasteiger partial charge in [0.15, 0.2) is 0 Å². The Balaban J connectivity index is 1.84. The lowest BCUT2D eigenvalue weighted by Crippen LogP contribution is -1.98. The minimum absolute atomic E-state index is 0.255. The molecule has 0 unspecified atom stereocenters. The zero-order valence-electron chi connectivity index (χ0n) is 14.0. The summed E-state index contributed by atoms with van der Waals surface area (Å²) in [4.78, 5) is 10.8. The predicted molar refractivity (Wildman–Crippen MR) is 102 cm³/mol. The Bertz CT molecular complexity index is 846. The van der Waals surface area contributed by atoms with Crippen molar-refractivity contribution in [1.82, 2.24) is 9.97 Å². The molecule has 0 spiro atoms. The molecule has 0 bridgehead atoms. The molecule has 0 atom stereocenters. The summed E-state index contributed by atoms with van der Waals surface area (Å²) < 4.78 is 5.69. The maximum absolute atomic E-state index is 6.07. The smallest absolute Gasteiger partial charge is 0.225 e. The van der Waals surface area contributed by atoms with Crippen LogP contribution in [0.5, 0.6) is 5.75 Å². The molecule has 6 heteroatoms. The number of hydrogen-bond donors (Lipinski definition) is 1. The molecule has 1 aromatic carbocycles. The lowest BCUT2D eigenvalue weighted by Gasteiger charge is -2.10. The molecule has 3 aromatic rings. The van der Waals surface area contributed by atoms with E-state index in [2.05, 4.69) is 36.1 Å². The second-order valence-corrected chi connectivity index (χ2v) is 7.20. The number of halogens is 1. The quantitative estimate of drug-likeness (QED) is 0.439. The van der Waals surface area contributed by atoms with Gasteiger partial charge in [-0.15, -0.1) is 11.3 Å². The SMILES string of the molecule is CCCCOc1ccc(Nc2nc(Cl)nc3sc(C)c(C)c23)cc1. The summed E-state index contributed by atoms with van der Waals surface area (Å²) >= 11 is 7.71. The lowest BCUT2D eigenvalue weighted by molar-refractivity contribution is 0.309. The van der Waals surface area contributed by atoms with Crippen molar-refractivity contribution >= 4 is 44.7 Å².